The van der Waals surface area contributed by atoms with E-state index in [9.17, 15) is 14.4 Å². The predicted molar refractivity (Wildman–Crippen MR) is 74.9 cm³/mol. The number of nitrogens with zero attached hydrogens (tertiary/aromatic N) is 1. The molecule has 0 unspecified atom stereocenters. The molecule has 2 N–H and O–H groups in total. The summed E-state index contributed by atoms with van der Waals surface area (Å²) in [6, 6.07) is -2.85. The van der Waals surface area contributed by atoms with Crippen molar-refractivity contribution >= 4 is 18.0 Å². The lowest BCUT2D eigenvalue weighted by atomic mass is 9.89. The Morgan fingerprint density at radius 3 is 2.95 bits per heavy atom. The van der Waals surface area contributed by atoms with Crippen LogP contribution in [-0.2, 0) is 19.1 Å². The number of nitrogens with one attached hydrogen (secondary N) is 1. The second-order valence-electron chi connectivity index (χ2n) is 6.23. The van der Waals surface area contributed by atoms with E-state index in [1.807, 2.05) is 0 Å². The quantitative estimate of drug-likeness (QED) is 0.697. The Hall–Kier alpha value is -1.83. The number of aliphatic hydroxyl groups excluding tert-OH is 1. The van der Waals surface area contributed by atoms with Crippen LogP contribution in [0.4, 0.5) is 4.79 Å². The normalized spacial score (nSPS) is 38.8. The van der Waals surface area contributed by atoms with Crippen LogP contribution in [0.2, 0.25) is 1.41 Å². The third-order valence-corrected chi connectivity index (χ3v) is 3.62. The average Bonchev–Trinajstić information content (AvgIpc) is 3.02. The first-order valence-electron chi connectivity index (χ1n) is 9.66. The number of rotatable bonds is 3. The molecule has 22 heavy (non-hydrogen) atoms. The van der Waals surface area contributed by atoms with Crippen LogP contribution < -0.4 is 5.31 Å². The van der Waals surface area contributed by atoms with Gasteiger partial charge in [0.2, 0.25) is 7.34 Å². The topological polar surface area (TPSA) is 105 Å². The molecule has 124 valence electrons. The van der Waals surface area contributed by atoms with E-state index in [-0.39, 0.29) is 24.7 Å². The van der Waals surface area contributed by atoms with Gasteiger partial charge in [-0.25, -0.2) is 9.59 Å². The number of methoxy groups -OCH3 is 1. The number of hydrogen-bond donors (Lipinski definition) is 2. The number of aliphatic hydroxyl groups is 1. The van der Waals surface area contributed by atoms with Crippen molar-refractivity contribution in [3.05, 3.63) is 0 Å². The molecule has 2 aliphatic rings. The summed E-state index contributed by atoms with van der Waals surface area (Å²) in [6.45, 7) is 4.48. The van der Waals surface area contributed by atoms with Crippen molar-refractivity contribution in [2.75, 3.05) is 13.6 Å². The molecule has 2 rings (SSSR count). The van der Waals surface area contributed by atoms with Gasteiger partial charge in [0.15, 0.2) is 6.95 Å². The molecule has 2 aliphatic heterocycles. The molecule has 0 aromatic carbocycles. The highest BCUT2D eigenvalue weighted by Gasteiger charge is 2.65. The fourth-order valence-electron chi connectivity index (χ4n) is 2.77. The van der Waals surface area contributed by atoms with Crippen LogP contribution in [0.25, 0.3) is 0 Å². The largest absolute Gasteiger partial charge is 0.467 e. The Morgan fingerprint density at radius 1 is 1.64 bits per heavy atom. The first-order valence-corrected chi connectivity index (χ1v) is 6.81. The van der Waals surface area contributed by atoms with E-state index in [0.29, 0.717) is 0 Å². The SMILES string of the molecule is [2H]O[C@@H]1[C@@]2(C(=O)OC([2H])([2H])[2H])CCCN2C(=O)[C@@]1([2H])N([2H])C(=O)OC(C)(C)C. The van der Waals surface area contributed by atoms with E-state index in [1.54, 1.807) is 0 Å². The average molecular weight is 320 g/mol. The molecule has 8 nitrogen and oxygen atoms in total. The molecule has 0 radical (unpaired) electrons. The van der Waals surface area contributed by atoms with Crippen molar-refractivity contribution in [1.82, 2.24) is 10.2 Å². The molecular formula is C14H22N2O6. The van der Waals surface area contributed by atoms with E-state index in [2.05, 4.69) is 9.85 Å². The zero-order valence-corrected chi connectivity index (χ0v) is 12.5. The summed E-state index contributed by atoms with van der Waals surface area (Å²) in [6.07, 6.45) is -3.25. The first-order chi connectivity index (χ1) is 12.6. The van der Waals surface area contributed by atoms with Crippen LogP contribution in [0, 0.1) is 0 Å². The highest BCUT2D eigenvalue weighted by molar-refractivity contribution is 5.98. The summed E-state index contributed by atoms with van der Waals surface area (Å²) in [5, 5.41) is 4.40. The van der Waals surface area contributed by atoms with Gasteiger partial charge in [0.05, 0.1) is 12.5 Å². The fraction of sp³-hybridized carbons (Fsp3) is 0.786. The summed E-state index contributed by atoms with van der Waals surface area (Å²) < 4.78 is 54.7. The summed E-state index contributed by atoms with van der Waals surface area (Å²) in [4.78, 5) is 38.7. The number of hydrogen-bond acceptors (Lipinski definition) is 6. The minimum atomic E-state index is -3.13. The van der Waals surface area contributed by atoms with Gasteiger partial charge in [-0.1, -0.05) is 0 Å². The number of alkyl carbamates (subject to hydrolysis) is 1. The Morgan fingerprint density at radius 2 is 2.36 bits per heavy atom. The number of ether oxygens (including phenoxy) is 2. The number of fused-ring (bicyclic) bond motifs is 1. The Kier molecular flexibility index (Phi) is 2.47. The zero-order valence-electron chi connectivity index (χ0n) is 18.5. The van der Waals surface area contributed by atoms with Crippen molar-refractivity contribution < 1.29 is 35.9 Å². The molecule has 3 atom stereocenters. The van der Waals surface area contributed by atoms with Crippen LogP contribution in [0.3, 0.4) is 0 Å². The zero-order chi connectivity index (χ0) is 21.7. The number of carbonyl (C=O) groups is 3. The minimum Gasteiger partial charge on any atom is -0.467 e. The summed E-state index contributed by atoms with van der Waals surface area (Å²) in [7, 11) is -3.13. The second-order valence-corrected chi connectivity index (χ2v) is 6.23. The molecule has 0 aliphatic carbocycles. The molecule has 2 fully saturated rings. The third-order valence-electron chi connectivity index (χ3n) is 3.62. The van der Waals surface area contributed by atoms with Gasteiger partial charge < -0.3 is 24.8 Å². The maximum atomic E-state index is 12.9. The monoisotopic (exact) mass is 320 g/mol. The van der Waals surface area contributed by atoms with E-state index in [1.165, 1.54) is 20.8 Å². The molecule has 0 aromatic rings. The highest BCUT2D eigenvalue weighted by atomic mass is 16.6. The lowest BCUT2D eigenvalue weighted by Gasteiger charge is -2.31. The summed E-state index contributed by atoms with van der Waals surface area (Å²) in [5.74, 6) is -2.55. The van der Waals surface area contributed by atoms with Crippen molar-refractivity contribution in [2.24, 2.45) is 0 Å². The summed E-state index contributed by atoms with van der Waals surface area (Å²) >= 11 is 0. The van der Waals surface area contributed by atoms with Gasteiger partial charge >= 0.3 is 12.1 Å². The first kappa shape index (κ1) is 10.0. The van der Waals surface area contributed by atoms with Gasteiger partial charge in [-0.05, 0) is 33.6 Å². The van der Waals surface area contributed by atoms with Gasteiger partial charge in [0.25, 0.3) is 0 Å². The molecule has 2 saturated heterocycles. The molecule has 2 heterocycles. The van der Waals surface area contributed by atoms with Crippen LogP contribution in [0.15, 0.2) is 0 Å². The lowest BCUT2D eigenvalue weighted by Crippen LogP contribution is -2.56. The van der Waals surface area contributed by atoms with Crippen LogP contribution >= 0.6 is 0 Å². The van der Waals surface area contributed by atoms with Crippen molar-refractivity contribution in [1.29, 1.82) is 1.43 Å². The number of amides is 2. The fourth-order valence-corrected chi connectivity index (χ4v) is 2.77. The Bertz CT molecular complexity index is 682. The van der Waals surface area contributed by atoms with E-state index in [4.69, 9.17) is 13.1 Å². The molecule has 0 aromatic heterocycles. The van der Waals surface area contributed by atoms with E-state index < -0.39 is 48.3 Å². The smallest absolute Gasteiger partial charge is 0.408 e. The van der Waals surface area contributed by atoms with Crippen molar-refractivity contribution in [2.45, 2.75) is 56.9 Å². The van der Waals surface area contributed by atoms with Gasteiger partial charge in [0, 0.05) is 6.54 Å². The Labute approximate surface area is 137 Å². The van der Waals surface area contributed by atoms with Gasteiger partial charge in [-0.3, -0.25) is 4.79 Å². The lowest BCUT2D eigenvalue weighted by molar-refractivity contribution is -0.159. The maximum Gasteiger partial charge on any atom is 0.408 e. The van der Waals surface area contributed by atoms with Crippen molar-refractivity contribution in [3.63, 3.8) is 0 Å². The minimum absolute atomic E-state index is 0.0580. The second kappa shape index (κ2) is 5.42. The van der Waals surface area contributed by atoms with Crippen molar-refractivity contribution in [3.8, 4) is 0 Å². The van der Waals surface area contributed by atoms with E-state index >= 15 is 0 Å². The predicted octanol–water partition coefficient (Wildman–Crippen LogP) is -0.212. The van der Waals surface area contributed by atoms with E-state index in [0.717, 1.165) is 4.90 Å². The van der Waals surface area contributed by atoms with Crippen LogP contribution in [0.5, 0.6) is 0 Å². The van der Waals surface area contributed by atoms with Crippen LogP contribution in [0.1, 0.15) is 39.1 Å². The van der Waals surface area contributed by atoms with Gasteiger partial charge in [0.1, 0.15) is 17.7 Å². The molecule has 0 saturated carbocycles. The molecule has 2 amide bonds. The Balaban J connectivity index is 2.49. The summed E-state index contributed by atoms with van der Waals surface area (Å²) in [5.41, 5.74) is -3.16. The molecule has 0 bridgehead atoms. The number of esters is 1. The molecular weight excluding hydrogens is 292 g/mol. The molecule has 8 heteroatoms. The third kappa shape index (κ3) is 2.51. The van der Waals surface area contributed by atoms with Crippen LogP contribution in [-0.4, -0.2) is 66.3 Å². The molecule has 0 spiro atoms. The highest BCUT2D eigenvalue weighted by Crippen LogP contribution is 2.41. The van der Waals surface area contributed by atoms with Gasteiger partial charge in [-0.15, -0.1) is 0 Å². The number of carbonyl (C=O) groups excluding carboxylic acids is 3. The van der Waals surface area contributed by atoms with Gasteiger partial charge in [-0.2, -0.15) is 0 Å². The maximum absolute atomic E-state index is 12.9. The standard InChI is InChI=1S/C14H22N2O6/c1-13(2,3)22-12(20)15-8-9(17)14(11(19)21-4)6-5-7-16(14)10(8)18/h8-9,17H,5-7H2,1-4H3,(H,15,20)/t8-,9-,14+/m0/s1/i4D3,8D,17D/hD.